The van der Waals surface area contributed by atoms with E-state index < -0.39 is 5.91 Å². The Bertz CT molecular complexity index is 687. The number of halogens is 2. The Hall–Kier alpha value is -2.40. The summed E-state index contributed by atoms with van der Waals surface area (Å²) >= 11 is 5.89. The zero-order chi connectivity index (χ0) is 15.9. The second-order valence-corrected chi connectivity index (χ2v) is 4.92. The number of rotatable bonds is 5. The number of hydrogen-bond donors (Lipinski definition) is 1. The van der Waals surface area contributed by atoms with Gasteiger partial charge in [-0.25, -0.2) is 9.82 Å². The highest BCUT2D eigenvalue weighted by atomic mass is 35.5. The Morgan fingerprint density at radius 3 is 2.68 bits per heavy atom. The smallest absolute Gasteiger partial charge is 0.277 e. The maximum atomic E-state index is 12.7. The standard InChI is InChI=1S/C16H14ClFN2O2/c1-11(12-3-2-4-13(17)9-12)19-20-16(21)10-22-15-7-5-14(18)6-8-15/h2-9H,10H2,1H3,(H,20,21)/b19-11+. The van der Waals surface area contributed by atoms with Crippen LogP contribution in [-0.4, -0.2) is 18.2 Å². The summed E-state index contributed by atoms with van der Waals surface area (Å²) in [6, 6.07) is 12.6. The van der Waals surface area contributed by atoms with E-state index in [4.69, 9.17) is 16.3 Å². The number of hydrazone groups is 1. The van der Waals surface area contributed by atoms with Gasteiger partial charge in [-0.1, -0.05) is 23.7 Å². The van der Waals surface area contributed by atoms with E-state index in [0.29, 0.717) is 16.5 Å². The summed E-state index contributed by atoms with van der Waals surface area (Å²) in [4.78, 5) is 11.6. The first-order valence-electron chi connectivity index (χ1n) is 6.52. The Balaban J connectivity index is 1.86. The van der Waals surface area contributed by atoms with Gasteiger partial charge in [0.1, 0.15) is 11.6 Å². The van der Waals surface area contributed by atoms with Crippen molar-refractivity contribution >= 4 is 23.2 Å². The SMILES string of the molecule is C/C(=N\NC(=O)COc1ccc(F)cc1)c1cccc(Cl)c1. The quantitative estimate of drug-likeness (QED) is 0.678. The fraction of sp³-hybridized carbons (Fsp3) is 0.125. The van der Waals surface area contributed by atoms with E-state index >= 15 is 0 Å². The van der Waals surface area contributed by atoms with E-state index in [9.17, 15) is 9.18 Å². The van der Waals surface area contributed by atoms with Crippen molar-refractivity contribution in [2.24, 2.45) is 5.10 Å². The van der Waals surface area contributed by atoms with Crippen LogP contribution in [0.2, 0.25) is 5.02 Å². The lowest BCUT2D eigenvalue weighted by molar-refractivity contribution is -0.123. The molecule has 6 heteroatoms. The molecule has 0 aliphatic heterocycles. The molecule has 0 aliphatic rings. The second-order valence-electron chi connectivity index (χ2n) is 4.49. The van der Waals surface area contributed by atoms with Crippen molar-refractivity contribution in [3.05, 3.63) is 64.9 Å². The average Bonchev–Trinajstić information content (AvgIpc) is 2.52. The molecule has 0 unspecified atom stereocenters. The van der Waals surface area contributed by atoms with Gasteiger partial charge in [-0.3, -0.25) is 4.79 Å². The zero-order valence-corrected chi connectivity index (χ0v) is 12.6. The van der Waals surface area contributed by atoms with Crippen LogP contribution in [0.5, 0.6) is 5.75 Å². The van der Waals surface area contributed by atoms with Crippen molar-refractivity contribution in [3.8, 4) is 5.75 Å². The van der Waals surface area contributed by atoms with E-state index in [1.54, 1.807) is 25.1 Å². The topological polar surface area (TPSA) is 50.7 Å². The molecule has 0 spiro atoms. The first-order valence-corrected chi connectivity index (χ1v) is 6.90. The Morgan fingerprint density at radius 2 is 2.00 bits per heavy atom. The summed E-state index contributed by atoms with van der Waals surface area (Å²) in [5.41, 5.74) is 3.82. The van der Waals surface area contributed by atoms with Crippen LogP contribution in [0.15, 0.2) is 53.6 Å². The Kier molecular flexibility index (Phi) is 5.49. The highest BCUT2D eigenvalue weighted by Gasteiger charge is 2.03. The fourth-order valence-electron chi connectivity index (χ4n) is 1.64. The molecule has 1 amide bonds. The normalized spacial score (nSPS) is 11.1. The highest BCUT2D eigenvalue weighted by molar-refractivity contribution is 6.31. The van der Waals surface area contributed by atoms with Gasteiger partial charge in [0.05, 0.1) is 5.71 Å². The molecule has 22 heavy (non-hydrogen) atoms. The van der Waals surface area contributed by atoms with Gasteiger partial charge in [-0.2, -0.15) is 5.10 Å². The molecule has 0 atom stereocenters. The zero-order valence-electron chi connectivity index (χ0n) is 11.8. The third kappa shape index (κ3) is 4.86. The van der Waals surface area contributed by atoms with Crippen molar-refractivity contribution in [1.29, 1.82) is 0 Å². The second kappa shape index (κ2) is 7.56. The first-order chi connectivity index (χ1) is 10.5. The predicted molar refractivity (Wildman–Crippen MR) is 83.7 cm³/mol. The monoisotopic (exact) mass is 320 g/mol. The number of benzene rings is 2. The molecule has 0 fully saturated rings. The summed E-state index contributed by atoms with van der Waals surface area (Å²) in [5, 5.41) is 4.58. The van der Waals surface area contributed by atoms with E-state index in [1.165, 1.54) is 24.3 Å². The highest BCUT2D eigenvalue weighted by Crippen LogP contribution is 2.12. The maximum Gasteiger partial charge on any atom is 0.277 e. The summed E-state index contributed by atoms with van der Waals surface area (Å²) < 4.78 is 17.9. The molecular formula is C16H14ClFN2O2. The van der Waals surface area contributed by atoms with Crippen molar-refractivity contribution in [3.63, 3.8) is 0 Å². The minimum absolute atomic E-state index is 0.210. The van der Waals surface area contributed by atoms with E-state index in [0.717, 1.165) is 5.56 Å². The van der Waals surface area contributed by atoms with Crippen LogP contribution >= 0.6 is 11.6 Å². The molecule has 4 nitrogen and oxygen atoms in total. The van der Waals surface area contributed by atoms with Gasteiger partial charge in [0.2, 0.25) is 0 Å². The van der Waals surface area contributed by atoms with Crippen molar-refractivity contribution in [2.45, 2.75) is 6.92 Å². The van der Waals surface area contributed by atoms with Gasteiger partial charge in [-0.05, 0) is 48.9 Å². The van der Waals surface area contributed by atoms with Crippen LogP contribution < -0.4 is 10.2 Å². The molecule has 0 aromatic heterocycles. The van der Waals surface area contributed by atoms with Gasteiger partial charge in [0, 0.05) is 5.02 Å². The summed E-state index contributed by atoms with van der Waals surface area (Å²) in [6.45, 7) is 1.55. The van der Waals surface area contributed by atoms with Crippen LogP contribution in [-0.2, 0) is 4.79 Å². The number of carbonyl (C=O) groups excluding carboxylic acids is 1. The summed E-state index contributed by atoms with van der Waals surface area (Å²) in [5.74, 6) is -0.364. The largest absolute Gasteiger partial charge is 0.484 e. The molecule has 1 N–H and O–H groups in total. The average molecular weight is 321 g/mol. The number of nitrogens with one attached hydrogen (secondary N) is 1. The van der Waals surface area contributed by atoms with Gasteiger partial charge < -0.3 is 4.74 Å². The minimum Gasteiger partial charge on any atom is -0.484 e. The lowest BCUT2D eigenvalue weighted by Gasteiger charge is -2.06. The van der Waals surface area contributed by atoms with Gasteiger partial charge in [0.15, 0.2) is 6.61 Å². The number of amides is 1. The lowest BCUT2D eigenvalue weighted by Crippen LogP contribution is -2.25. The fourth-order valence-corrected chi connectivity index (χ4v) is 1.83. The summed E-state index contributed by atoms with van der Waals surface area (Å²) in [6.07, 6.45) is 0. The van der Waals surface area contributed by atoms with Gasteiger partial charge >= 0.3 is 0 Å². The van der Waals surface area contributed by atoms with Gasteiger partial charge in [0.25, 0.3) is 5.91 Å². The van der Waals surface area contributed by atoms with Crippen LogP contribution in [0.3, 0.4) is 0 Å². The van der Waals surface area contributed by atoms with E-state index in [1.807, 2.05) is 6.07 Å². The third-order valence-electron chi connectivity index (χ3n) is 2.77. The molecule has 0 saturated carbocycles. The number of nitrogens with zero attached hydrogens (tertiary/aromatic N) is 1. The molecule has 114 valence electrons. The van der Waals surface area contributed by atoms with Crippen LogP contribution in [0, 0.1) is 5.82 Å². The molecule has 0 bridgehead atoms. The third-order valence-corrected chi connectivity index (χ3v) is 3.01. The Morgan fingerprint density at radius 1 is 1.27 bits per heavy atom. The van der Waals surface area contributed by atoms with Crippen molar-refractivity contribution < 1.29 is 13.9 Å². The van der Waals surface area contributed by atoms with Crippen LogP contribution in [0.25, 0.3) is 0 Å². The summed E-state index contributed by atoms with van der Waals surface area (Å²) in [7, 11) is 0. The Labute approximate surface area is 132 Å². The first kappa shape index (κ1) is 16.0. The number of carbonyl (C=O) groups is 1. The van der Waals surface area contributed by atoms with Crippen LogP contribution in [0.4, 0.5) is 4.39 Å². The van der Waals surface area contributed by atoms with E-state index in [2.05, 4.69) is 10.5 Å². The molecule has 0 saturated heterocycles. The molecule has 2 aromatic carbocycles. The molecule has 2 rings (SSSR count). The molecule has 2 aromatic rings. The van der Waals surface area contributed by atoms with Crippen molar-refractivity contribution in [1.82, 2.24) is 5.43 Å². The predicted octanol–water partition coefficient (Wildman–Crippen LogP) is 3.40. The van der Waals surface area contributed by atoms with E-state index in [-0.39, 0.29) is 12.4 Å². The molecule has 0 heterocycles. The molecular weight excluding hydrogens is 307 g/mol. The number of ether oxygens (including phenoxy) is 1. The van der Waals surface area contributed by atoms with Crippen LogP contribution in [0.1, 0.15) is 12.5 Å². The molecule has 0 aliphatic carbocycles. The minimum atomic E-state index is -0.411. The van der Waals surface area contributed by atoms with Crippen molar-refractivity contribution in [2.75, 3.05) is 6.61 Å². The number of hydrogen-bond acceptors (Lipinski definition) is 3. The lowest BCUT2D eigenvalue weighted by atomic mass is 10.1. The molecule has 0 radical (unpaired) electrons. The maximum absolute atomic E-state index is 12.7. The van der Waals surface area contributed by atoms with Gasteiger partial charge in [-0.15, -0.1) is 0 Å².